The fourth-order valence-corrected chi connectivity index (χ4v) is 7.30. The Morgan fingerprint density at radius 3 is 2.50 bits per heavy atom. The third-order valence-corrected chi connectivity index (χ3v) is 8.82. The highest BCUT2D eigenvalue weighted by atomic mass is 16.3. The summed E-state index contributed by atoms with van der Waals surface area (Å²) in [6.45, 7) is 6.17. The van der Waals surface area contributed by atoms with Gasteiger partial charge in [-0.15, -0.1) is 0 Å². The second-order valence-electron chi connectivity index (χ2n) is 9.54. The molecule has 4 aliphatic rings. The Balaban J connectivity index is 1.69. The molecule has 3 nitrogen and oxygen atoms in total. The fraction of sp³-hybridized carbons (Fsp3) is 0.857. The topological polar surface area (TPSA) is 57.5 Å². The van der Waals surface area contributed by atoms with Gasteiger partial charge in [-0.3, -0.25) is 4.79 Å². The highest BCUT2D eigenvalue weighted by Gasteiger charge is 2.65. The van der Waals surface area contributed by atoms with Crippen molar-refractivity contribution in [3.63, 3.8) is 0 Å². The van der Waals surface area contributed by atoms with Gasteiger partial charge in [0.25, 0.3) is 0 Å². The van der Waals surface area contributed by atoms with E-state index in [-0.39, 0.29) is 22.7 Å². The van der Waals surface area contributed by atoms with E-state index in [0.29, 0.717) is 24.2 Å². The number of carbonyl (C=O) groups is 1. The third-order valence-electron chi connectivity index (χ3n) is 8.82. The monoisotopic (exact) mass is 332 g/mol. The van der Waals surface area contributed by atoms with Gasteiger partial charge in [-0.2, -0.15) is 0 Å². The Hall–Kier alpha value is -0.670. The van der Waals surface area contributed by atoms with Crippen molar-refractivity contribution in [3.05, 3.63) is 11.6 Å². The van der Waals surface area contributed by atoms with Crippen LogP contribution in [-0.4, -0.2) is 27.7 Å². The maximum Gasteiger partial charge on any atom is 0.161 e. The molecule has 3 saturated carbocycles. The van der Waals surface area contributed by atoms with Crippen LogP contribution in [0.15, 0.2) is 11.6 Å². The first-order valence-electron chi connectivity index (χ1n) is 9.85. The summed E-state index contributed by atoms with van der Waals surface area (Å²) in [6.07, 6.45) is 9.78. The van der Waals surface area contributed by atoms with E-state index in [1.165, 1.54) is 5.57 Å². The standard InChI is InChI=1S/C21H32O3/c1-13(22)21(24)11-8-18-16-5-4-14-12-15(23)6-9-19(14,2)17(16)7-10-20(18,21)3/h12,15-18,23-24H,4-11H2,1-3H3/t15-,16+,17-,18-,19-,20-,21+/m0/s1. The van der Waals surface area contributed by atoms with E-state index < -0.39 is 5.60 Å². The zero-order valence-corrected chi connectivity index (χ0v) is 15.3. The molecule has 134 valence electrons. The van der Waals surface area contributed by atoms with E-state index in [0.717, 1.165) is 44.9 Å². The van der Waals surface area contributed by atoms with Crippen molar-refractivity contribution >= 4 is 5.78 Å². The van der Waals surface area contributed by atoms with Gasteiger partial charge in [0.1, 0.15) is 5.60 Å². The Morgan fingerprint density at radius 1 is 1.08 bits per heavy atom. The Bertz CT molecular complexity index is 596. The molecule has 0 heterocycles. The number of ketones is 1. The summed E-state index contributed by atoms with van der Waals surface area (Å²) < 4.78 is 0. The molecule has 0 aromatic rings. The molecular weight excluding hydrogens is 300 g/mol. The minimum atomic E-state index is -1.11. The van der Waals surface area contributed by atoms with Crippen molar-refractivity contribution in [3.8, 4) is 0 Å². The van der Waals surface area contributed by atoms with Crippen molar-refractivity contribution in [1.29, 1.82) is 0 Å². The minimum Gasteiger partial charge on any atom is -0.389 e. The van der Waals surface area contributed by atoms with Crippen molar-refractivity contribution < 1.29 is 15.0 Å². The lowest BCUT2D eigenvalue weighted by Gasteiger charge is -2.59. The number of rotatable bonds is 1. The SMILES string of the molecule is CC(=O)[C@]1(O)CC[C@H]2[C@@H]3CCC4=C[C@@H](O)CC[C@]4(C)[C@H]3CC[C@@]21C. The van der Waals surface area contributed by atoms with Gasteiger partial charge >= 0.3 is 0 Å². The summed E-state index contributed by atoms with van der Waals surface area (Å²) in [5.74, 6) is 1.71. The van der Waals surface area contributed by atoms with Crippen molar-refractivity contribution in [2.24, 2.45) is 28.6 Å². The molecule has 0 spiro atoms. The average Bonchev–Trinajstić information content (AvgIpc) is 2.81. The zero-order chi connectivity index (χ0) is 17.3. The Morgan fingerprint density at radius 2 is 1.79 bits per heavy atom. The van der Waals surface area contributed by atoms with Gasteiger partial charge in [-0.25, -0.2) is 0 Å². The number of aliphatic hydroxyl groups is 2. The molecule has 0 saturated heterocycles. The smallest absolute Gasteiger partial charge is 0.161 e. The van der Waals surface area contributed by atoms with Crippen LogP contribution in [0.4, 0.5) is 0 Å². The molecule has 0 bridgehead atoms. The van der Waals surface area contributed by atoms with Crippen LogP contribution in [-0.2, 0) is 4.79 Å². The van der Waals surface area contributed by atoms with E-state index in [2.05, 4.69) is 19.9 Å². The highest BCUT2D eigenvalue weighted by molar-refractivity contribution is 5.86. The minimum absolute atomic E-state index is 0.0330. The van der Waals surface area contributed by atoms with Gasteiger partial charge in [0.15, 0.2) is 5.78 Å². The van der Waals surface area contributed by atoms with E-state index in [1.807, 2.05) is 0 Å². The van der Waals surface area contributed by atoms with Crippen LogP contribution in [0.5, 0.6) is 0 Å². The summed E-state index contributed by atoms with van der Waals surface area (Å²) in [5, 5.41) is 21.2. The van der Waals surface area contributed by atoms with Gasteiger partial charge in [-0.05, 0) is 81.5 Å². The maximum atomic E-state index is 12.2. The van der Waals surface area contributed by atoms with Gasteiger partial charge < -0.3 is 10.2 Å². The first-order chi connectivity index (χ1) is 11.2. The molecule has 0 aromatic heterocycles. The van der Waals surface area contributed by atoms with Crippen molar-refractivity contribution in [2.45, 2.75) is 83.8 Å². The molecule has 24 heavy (non-hydrogen) atoms. The van der Waals surface area contributed by atoms with Crippen molar-refractivity contribution in [1.82, 2.24) is 0 Å². The maximum absolute atomic E-state index is 12.2. The van der Waals surface area contributed by atoms with E-state index in [4.69, 9.17) is 0 Å². The molecule has 4 rings (SSSR count). The average molecular weight is 332 g/mol. The van der Waals surface area contributed by atoms with Crippen LogP contribution in [0, 0.1) is 28.6 Å². The Kier molecular flexibility index (Phi) is 3.61. The summed E-state index contributed by atoms with van der Waals surface area (Å²) in [5.41, 5.74) is 0.347. The molecular formula is C21H32O3. The number of hydrogen-bond donors (Lipinski definition) is 2. The molecule has 2 N–H and O–H groups in total. The molecule has 0 aliphatic heterocycles. The number of hydrogen-bond acceptors (Lipinski definition) is 3. The molecule has 3 heteroatoms. The normalized spacial score (nSPS) is 53.6. The molecule has 0 aromatic carbocycles. The molecule has 3 fully saturated rings. The summed E-state index contributed by atoms with van der Waals surface area (Å²) in [4.78, 5) is 12.2. The second kappa shape index (κ2) is 5.17. The molecule has 0 amide bonds. The second-order valence-corrected chi connectivity index (χ2v) is 9.54. The zero-order valence-electron chi connectivity index (χ0n) is 15.3. The number of aliphatic hydroxyl groups excluding tert-OH is 1. The summed E-state index contributed by atoms with van der Waals surface area (Å²) in [6, 6.07) is 0. The number of carbonyl (C=O) groups excluding carboxylic acids is 1. The molecule has 4 aliphatic carbocycles. The van der Waals surface area contributed by atoms with Crippen LogP contribution >= 0.6 is 0 Å². The third kappa shape index (κ3) is 1.94. The molecule has 0 unspecified atom stereocenters. The van der Waals surface area contributed by atoms with Crippen LogP contribution in [0.3, 0.4) is 0 Å². The van der Waals surface area contributed by atoms with Gasteiger partial charge in [0, 0.05) is 5.41 Å². The first kappa shape index (κ1) is 16.8. The lowest BCUT2D eigenvalue weighted by molar-refractivity contribution is -0.160. The molecule has 0 radical (unpaired) electrons. The predicted molar refractivity (Wildman–Crippen MR) is 93.3 cm³/mol. The van der Waals surface area contributed by atoms with Crippen LogP contribution in [0.2, 0.25) is 0 Å². The lowest BCUT2D eigenvalue weighted by Crippen LogP contribution is -2.57. The summed E-state index contributed by atoms with van der Waals surface area (Å²) >= 11 is 0. The molecule has 7 atom stereocenters. The van der Waals surface area contributed by atoms with Gasteiger partial charge in [0.2, 0.25) is 0 Å². The van der Waals surface area contributed by atoms with E-state index in [9.17, 15) is 15.0 Å². The first-order valence-corrected chi connectivity index (χ1v) is 9.85. The highest BCUT2D eigenvalue weighted by Crippen LogP contribution is 2.67. The van der Waals surface area contributed by atoms with Gasteiger partial charge in [-0.1, -0.05) is 25.5 Å². The summed E-state index contributed by atoms with van der Waals surface area (Å²) in [7, 11) is 0. The van der Waals surface area contributed by atoms with E-state index in [1.54, 1.807) is 6.92 Å². The lowest BCUT2D eigenvalue weighted by atomic mass is 9.46. The van der Waals surface area contributed by atoms with Gasteiger partial charge in [0.05, 0.1) is 6.10 Å². The number of allylic oxidation sites excluding steroid dienone is 1. The van der Waals surface area contributed by atoms with E-state index >= 15 is 0 Å². The van der Waals surface area contributed by atoms with Crippen LogP contribution in [0.25, 0.3) is 0 Å². The van der Waals surface area contributed by atoms with Crippen LogP contribution in [0.1, 0.15) is 72.1 Å². The largest absolute Gasteiger partial charge is 0.389 e. The number of Topliss-reactive ketones (excluding diaryl/α,β-unsaturated/α-hetero) is 1. The fourth-order valence-electron chi connectivity index (χ4n) is 7.30. The van der Waals surface area contributed by atoms with Crippen molar-refractivity contribution in [2.75, 3.05) is 0 Å². The quantitative estimate of drug-likeness (QED) is 0.721. The predicted octanol–water partition coefficient (Wildman–Crippen LogP) is 3.63. The Labute approximate surface area is 145 Å². The van der Waals surface area contributed by atoms with Crippen LogP contribution < -0.4 is 0 Å². The number of fused-ring (bicyclic) bond motifs is 5.